The van der Waals surface area contributed by atoms with Gasteiger partial charge in [0.2, 0.25) is 0 Å². The minimum atomic E-state index is -0.0359. The van der Waals surface area contributed by atoms with Crippen LogP contribution >= 0.6 is 15.9 Å². The molecule has 4 rings (SSSR count). The summed E-state index contributed by atoms with van der Waals surface area (Å²) in [7, 11) is 1.64. The molecule has 1 aliphatic rings. The number of nitrogens with zero attached hydrogens (tertiary/aromatic N) is 1. The Labute approximate surface area is 202 Å². The summed E-state index contributed by atoms with van der Waals surface area (Å²) in [5.74, 6) is 1.47. The lowest BCUT2D eigenvalue weighted by molar-refractivity contribution is 0.104. The van der Waals surface area contributed by atoms with Crippen molar-refractivity contribution in [3.05, 3.63) is 94.0 Å². The number of rotatable bonds is 8. The maximum absolute atomic E-state index is 12.7. The highest BCUT2D eigenvalue weighted by atomic mass is 79.9. The fraction of sp³-hybridized carbons (Fsp3) is 0.222. The summed E-state index contributed by atoms with van der Waals surface area (Å²) in [4.78, 5) is 14.9. The number of morpholine rings is 1. The summed E-state index contributed by atoms with van der Waals surface area (Å²) in [6.45, 7) is 3.58. The van der Waals surface area contributed by atoms with Gasteiger partial charge in [0.05, 0.1) is 20.3 Å². The monoisotopic (exact) mass is 507 g/mol. The van der Waals surface area contributed by atoms with Crippen LogP contribution in [0.5, 0.6) is 11.5 Å². The van der Waals surface area contributed by atoms with E-state index >= 15 is 0 Å². The lowest BCUT2D eigenvalue weighted by atomic mass is 10.1. The molecule has 5 nitrogen and oxygen atoms in total. The van der Waals surface area contributed by atoms with E-state index in [1.165, 1.54) is 0 Å². The fourth-order valence-corrected chi connectivity index (χ4v) is 4.04. The molecule has 1 saturated heterocycles. The molecule has 1 heterocycles. The van der Waals surface area contributed by atoms with E-state index in [-0.39, 0.29) is 5.78 Å². The predicted octanol–water partition coefficient (Wildman–Crippen LogP) is 5.77. The molecular formula is C27H26BrNO4. The summed E-state index contributed by atoms with van der Waals surface area (Å²) in [6, 6.07) is 21.2. The number of carbonyl (C=O) groups excluding carboxylic acids is 1. The topological polar surface area (TPSA) is 48.0 Å². The number of methoxy groups -OCH3 is 1. The Hall–Kier alpha value is -3.09. The molecule has 3 aromatic rings. The van der Waals surface area contributed by atoms with Crippen LogP contribution in [-0.4, -0.2) is 39.2 Å². The summed E-state index contributed by atoms with van der Waals surface area (Å²) in [6.07, 6.45) is 3.42. The van der Waals surface area contributed by atoms with Gasteiger partial charge in [-0.1, -0.05) is 34.1 Å². The number of ketones is 1. The van der Waals surface area contributed by atoms with Crippen LogP contribution in [0.25, 0.3) is 6.08 Å². The van der Waals surface area contributed by atoms with Gasteiger partial charge in [-0.25, -0.2) is 0 Å². The van der Waals surface area contributed by atoms with E-state index in [2.05, 4.69) is 20.8 Å². The van der Waals surface area contributed by atoms with E-state index in [1.54, 1.807) is 13.2 Å². The Morgan fingerprint density at radius 2 is 1.85 bits per heavy atom. The smallest absolute Gasteiger partial charge is 0.185 e. The van der Waals surface area contributed by atoms with Gasteiger partial charge >= 0.3 is 0 Å². The second-order valence-electron chi connectivity index (χ2n) is 7.66. The van der Waals surface area contributed by atoms with Gasteiger partial charge in [0, 0.05) is 34.4 Å². The van der Waals surface area contributed by atoms with Crippen molar-refractivity contribution in [1.82, 2.24) is 0 Å². The third kappa shape index (κ3) is 6.24. The highest BCUT2D eigenvalue weighted by Crippen LogP contribution is 2.24. The molecule has 3 aromatic carbocycles. The average molecular weight is 508 g/mol. The molecule has 1 aliphatic heterocycles. The van der Waals surface area contributed by atoms with E-state index in [0.717, 1.165) is 59.1 Å². The van der Waals surface area contributed by atoms with E-state index in [0.29, 0.717) is 12.2 Å². The van der Waals surface area contributed by atoms with Gasteiger partial charge < -0.3 is 19.1 Å². The molecule has 170 valence electrons. The Morgan fingerprint density at radius 1 is 1.06 bits per heavy atom. The molecular weight excluding hydrogens is 482 g/mol. The maximum Gasteiger partial charge on any atom is 0.185 e. The Bertz CT molecular complexity index is 1120. The number of allylic oxidation sites excluding steroid dienone is 1. The fourth-order valence-electron chi connectivity index (χ4n) is 3.66. The Morgan fingerprint density at radius 3 is 2.58 bits per heavy atom. The maximum atomic E-state index is 12.7. The van der Waals surface area contributed by atoms with Crippen molar-refractivity contribution in [3.8, 4) is 11.5 Å². The number of hydrogen-bond acceptors (Lipinski definition) is 5. The number of ether oxygens (including phenoxy) is 3. The van der Waals surface area contributed by atoms with Crippen LogP contribution in [0.4, 0.5) is 5.69 Å². The van der Waals surface area contributed by atoms with Crippen molar-refractivity contribution in [3.63, 3.8) is 0 Å². The largest absolute Gasteiger partial charge is 0.496 e. The summed E-state index contributed by atoms with van der Waals surface area (Å²) in [5.41, 5.74) is 3.59. The number of halogens is 1. The van der Waals surface area contributed by atoms with E-state index < -0.39 is 0 Å². The van der Waals surface area contributed by atoms with E-state index in [4.69, 9.17) is 14.2 Å². The first-order chi connectivity index (χ1) is 16.1. The molecule has 0 spiro atoms. The third-order valence-corrected chi connectivity index (χ3v) is 5.94. The van der Waals surface area contributed by atoms with Crippen molar-refractivity contribution in [2.75, 3.05) is 38.3 Å². The molecule has 0 unspecified atom stereocenters. The van der Waals surface area contributed by atoms with Gasteiger partial charge in [0.1, 0.15) is 18.1 Å². The molecule has 0 aliphatic carbocycles. The molecule has 0 bridgehead atoms. The molecule has 0 atom stereocenters. The summed E-state index contributed by atoms with van der Waals surface area (Å²) in [5, 5.41) is 0. The standard InChI is InChI=1S/C27H26BrNO4/c1-31-27-12-6-20(17-22(27)19-33-25-4-2-3-23(28)18-25)5-11-26(30)21-7-9-24(10-8-21)29-13-15-32-16-14-29/h2-12,17-18H,13-16,19H2,1H3/b11-5+. The Kier molecular flexibility index (Phi) is 7.81. The number of benzene rings is 3. The van der Waals surface area contributed by atoms with E-state index in [9.17, 15) is 4.79 Å². The van der Waals surface area contributed by atoms with Crippen LogP contribution in [0.15, 0.2) is 77.3 Å². The molecule has 0 radical (unpaired) electrons. The first-order valence-electron chi connectivity index (χ1n) is 10.8. The van der Waals surface area contributed by atoms with Gasteiger partial charge in [0.25, 0.3) is 0 Å². The van der Waals surface area contributed by atoms with E-state index in [1.807, 2.05) is 72.8 Å². The molecule has 1 fully saturated rings. The predicted molar refractivity (Wildman–Crippen MR) is 134 cm³/mol. The number of carbonyl (C=O) groups is 1. The van der Waals surface area contributed by atoms with Crippen LogP contribution in [0.2, 0.25) is 0 Å². The highest BCUT2D eigenvalue weighted by Gasteiger charge is 2.12. The summed E-state index contributed by atoms with van der Waals surface area (Å²) >= 11 is 3.45. The zero-order chi connectivity index (χ0) is 23.0. The van der Waals surface area contributed by atoms with Crippen LogP contribution in [0.1, 0.15) is 21.5 Å². The SMILES string of the molecule is COc1ccc(/C=C/C(=O)c2ccc(N3CCOCC3)cc2)cc1COc1cccc(Br)c1. The van der Waals surface area contributed by atoms with Gasteiger partial charge in [-0.3, -0.25) is 4.79 Å². The molecule has 0 N–H and O–H groups in total. The van der Waals surface area contributed by atoms with Crippen molar-refractivity contribution >= 4 is 33.5 Å². The van der Waals surface area contributed by atoms with Crippen molar-refractivity contribution in [1.29, 1.82) is 0 Å². The van der Waals surface area contributed by atoms with Crippen molar-refractivity contribution < 1.29 is 19.0 Å². The molecule has 0 amide bonds. The molecule has 33 heavy (non-hydrogen) atoms. The zero-order valence-corrected chi connectivity index (χ0v) is 20.1. The van der Waals surface area contributed by atoms with Gasteiger partial charge in [0.15, 0.2) is 5.78 Å². The van der Waals surface area contributed by atoms with Crippen LogP contribution in [0.3, 0.4) is 0 Å². The van der Waals surface area contributed by atoms with Crippen LogP contribution in [0, 0.1) is 0 Å². The normalized spacial score (nSPS) is 13.8. The highest BCUT2D eigenvalue weighted by molar-refractivity contribution is 9.10. The second-order valence-corrected chi connectivity index (χ2v) is 8.58. The third-order valence-electron chi connectivity index (χ3n) is 5.45. The first kappa shape index (κ1) is 23.1. The Balaban J connectivity index is 1.42. The van der Waals surface area contributed by atoms with Crippen LogP contribution in [-0.2, 0) is 11.3 Å². The lowest BCUT2D eigenvalue weighted by Crippen LogP contribution is -2.36. The lowest BCUT2D eigenvalue weighted by Gasteiger charge is -2.28. The second kappa shape index (κ2) is 11.2. The first-order valence-corrected chi connectivity index (χ1v) is 11.6. The average Bonchev–Trinajstić information content (AvgIpc) is 2.86. The van der Waals surface area contributed by atoms with Gasteiger partial charge in [-0.05, 0) is 66.2 Å². The van der Waals surface area contributed by atoms with Crippen LogP contribution < -0.4 is 14.4 Å². The quantitative estimate of drug-likeness (QED) is 0.286. The minimum Gasteiger partial charge on any atom is -0.496 e. The number of anilines is 1. The number of hydrogen-bond donors (Lipinski definition) is 0. The molecule has 0 saturated carbocycles. The zero-order valence-electron chi connectivity index (χ0n) is 18.5. The minimum absolute atomic E-state index is 0.0359. The van der Waals surface area contributed by atoms with Gasteiger partial charge in [-0.2, -0.15) is 0 Å². The molecule has 0 aromatic heterocycles. The molecule has 6 heteroatoms. The van der Waals surface area contributed by atoms with Crippen molar-refractivity contribution in [2.45, 2.75) is 6.61 Å². The van der Waals surface area contributed by atoms with Crippen molar-refractivity contribution in [2.24, 2.45) is 0 Å². The summed E-state index contributed by atoms with van der Waals surface area (Å²) < 4.78 is 17.7. The van der Waals surface area contributed by atoms with Gasteiger partial charge in [-0.15, -0.1) is 0 Å².